The van der Waals surface area contributed by atoms with Crippen molar-refractivity contribution in [3.63, 3.8) is 0 Å². The smallest absolute Gasteiger partial charge is 0.337 e. The molecule has 196 valence electrons. The molecule has 1 fully saturated rings. The van der Waals surface area contributed by atoms with Gasteiger partial charge in [-0.1, -0.05) is 72.6 Å². The number of halogens is 2. The minimum atomic E-state index is -0.328. The highest BCUT2D eigenvalue weighted by molar-refractivity contribution is 6.32. The summed E-state index contributed by atoms with van der Waals surface area (Å²) in [6.07, 6.45) is 0.977. The van der Waals surface area contributed by atoms with Crippen molar-refractivity contribution in [2.45, 2.75) is 51.6 Å². The molecule has 0 amide bonds. The molecule has 0 saturated heterocycles. The molecular weight excluding hydrogens is 521 g/mol. The van der Waals surface area contributed by atoms with Crippen LogP contribution in [-0.2, 0) is 11.3 Å². The van der Waals surface area contributed by atoms with Crippen molar-refractivity contribution < 1.29 is 14.3 Å². The Morgan fingerprint density at radius 3 is 2.55 bits per heavy atom. The molecule has 2 unspecified atom stereocenters. The van der Waals surface area contributed by atoms with Crippen LogP contribution in [0.3, 0.4) is 0 Å². The molecule has 0 bridgehead atoms. The molecule has 1 aliphatic carbocycles. The molecule has 0 radical (unpaired) electrons. The third kappa shape index (κ3) is 5.16. The van der Waals surface area contributed by atoms with Gasteiger partial charge in [0.15, 0.2) is 0 Å². The van der Waals surface area contributed by atoms with Crippen molar-refractivity contribution in [1.82, 2.24) is 15.0 Å². The number of hydrogen-bond acceptors (Lipinski definition) is 5. The van der Waals surface area contributed by atoms with Crippen LogP contribution in [0.15, 0.2) is 60.7 Å². The van der Waals surface area contributed by atoms with E-state index in [0.717, 1.165) is 40.2 Å². The van der Waals surface area contributed by atoms with Gasteiger partial charge in [0, 0.05) is 5.02 Å². The van der Waals surface area contributed by atoms with Crippen molar-refractivity contribution in [1.29, 1.82) is 0 Å². The fourth-order valence-electron chi connectivity index (χ4n) is 4.94. The van der Waals surface area contributed by atoms with Crippen molar-refractivity contribution in [3.8, 4) is 11.4 Å². The van der Waals surface area contributed by atoms with Gasteiger partial charge in [-0.15, -0.1) is 5.10 Å². The van der Waals surface area contributed by atoms with Crippen LogP contribution >= 0.6 is 23.2 Å². The molecular formula is C30H29Cl2N3O3. The molecule has 4 aromatic rings. The largest absolute Gasteiger partial charge is 0.487 e. The normalized spacial score (nSPS) is 16.5. The van der Waals surface area contributed by atoms with Gasteiger partial charge in [-0.05, 0) is 78.1 Å². The zero-order valence-electron chi connectivity index (χ0n) is 21.7. The van der Waals surface area contributed by atoms with Crippen molar-refractivity contribution in [2.75, 3.05) is 7.11 Å². The molecule has 2 atom stereocenters. The summed E-state index contributed by atoms with van der Waals surface area (Å²) in [5.41, 5.74) is 6.28. The Balaban J connectivity index is 1.34. The number of para-hydroxylation sites is 1. The summed E-state index contributed by atoms with van der Waals surface area (Å²) in [6, 6.07) is 19.2. The SMILES string of the molecule is COC(=O)c1cccc(C2CC2c2ccc(OCc3c(C(C)C)nnn3-c3c(C)cccc3Cl)cc2Cl)c1. The van der Waals surface area contributed by atoms with Gasteiger partial charge in [-0.3, -0.25) is 0 Å². The first kappa shape index (κ1) is 26.3. The quantitative estimate of drug-likeness (QED) is 0.211. The Morgan fingerprint density at radius 1 is 1.05 bits per heavy atom. The van der Waals surface area contributed by atoms with Crippen LogP contribution in [0.5, 0.6) is 5.75 Å². The second-order valence-corrected chi connectivity index (χ2v) is 10.7. The Hall–Kier alpha value is -3.35. The molecule has 38 heavy (non-hydrogen) atoms. The lowest BCUT2D eigenvalue weighted by atomic mass is 10.0. The van der Waals surface area contributed by atoms with Gasteiger partial charge in [0.25, 0.3) is 0 Å². The van der Waals surface area contributed by atoms with Gasteiger partial charge in [0.1, 0.15) is 18.1 Å². The summed E-state index contributed by atoms with van der Waals surface area (Å²) in [5.74, 6) is 1.12. The number of aromatic nitrogens is 3. The van der Waals surface area contributed by atoms with Crippen LogP contribution in [0.2, 0.25) is 10.0 Å². The van der Waals surface area contributed by atoms with E-state index in [9.17, 15) is 4.79 Å². The highest BCUT2D eigenvalue weighted by atomic mass is 35.5. The first-order chi connectivity index (χ1) is 18.3. The lowest BCUT2D eigenvalue weighted by molar-refractivity contribution is 0.0600. The van der Waals surface area contributed by atoms with E-state index < -0.39 is 0 Å². The van der Waals surface area contributed by atoms with Gasteiger partial charge in [0.05, 0.1) is 29.1 Å². The summed E-state index contributed by atoms with van der Waals surface area (Å²) >= 11 is 13.3. The van der Waals surface area contributed by atoms with Gasteiger partial charge < -0.3 is 9.47 Å². The minimum absolute atomic E-state index is 0.167. The second kappa shape index (κ2) is 10.8. The zero-order valence-corrected chi connectivity index (χ0v) is 23.3. The third-order valence-electron chi connectivity index (χ3n) is 7.01. The maximum absolute atomic E-state index is 11.9. The van der Waals surface area contributed by atoms with E-state index in [4.69, 9.17) is 32.7 Å². The maximum Gasteiger partial charge on any atom is 0.337 e. The number of esters is 1. The van der Waals surface area contributed by atoms with Gasteiger partial charge in [-0.25, -0.2) is 9.48 Å². The highest BCUT2D eigenvalue weighted by Crippen LogP contribution is 2.56. The molecule has 1 aromatic heterocycles. The molecule has 8 heteroatoms. The molecule has 1 saturated carbocycles. The Morgan fingerprint density at radius 2 is 1.84 bits per heavy atom. The Labute approximate surface area is 232 Å². The van der Waals surface area contributed by atoms with Crippen molar-refractivity contribution in [3.05, 3.63) is 104 Å². The van der Waals surface area contributed by atoms with E-state index in [1.807, 2.05) is 61.5 Å². The number of carbonyl (C=O) groups excluding carboxylic acids is 1. The standard InChI is InChI=1S/C30H29Cl2N3O3/c1-17(2)28-27(35(34-33-28)29-18(3)7-5-10-25(29)31)16-38-21-11-12-22(26(32)14-21)24-15-23(24)19-8-6-9-20(13-19)30(36)37-4/h5-14,17,23-24H,15-16H2,1-4H3. The van der Waals surface area contributed by atoms with E-state index in [0.29, 0.717) is 33.2 Å². The van der Waals surface area contributed by atoms with E-state index in [1.165, 1.54) is 7.11 Å². The number of rotatable bonds is 8. The van der Waals surface area contributed by atoms with Crippen LogP contribution in [0.1, 0.15) is 76.5 Å². The fourth-order valence-corrected chi connectivity index (χ4v) is 5.55. The first-order valence-corrected chi connectivity index (χ1v) is 13.3. The molecule has 0 spiro atoms. The topological polar surface area (TPSA) is 66.2 Å². The van der Waals surface area contributed by atoms with Gasteiger partial charge in [-0.2, -0.15) is 0 Å². The van der Waals surface area contributed by atoms with E-state index >= 15 is 0 Å². The number of methoxy groups -OCH3 is 1. The van der Waals surface area contributed by atoms with Crippen LogP contribution in [0, 0.1) is 6.92 Å². The Bertz CT molecular complexity index is 1480. The number of ether oxygens (including phenoxy) is 2. The van der Waals surface area contributed by atoms with Crippen LogP contribution in [0.25, 0.3) is 5.69 Å². The average molecular weight is 550 g/mol. The summed E-state index contributed by atoms with van der Waals surface area (Å²) in [4.78, 5) is 11.9. The molecule has 5 rings (SSSR count). The molecule has 0 aliphatic heterocycles. The van der Waals surface area contributed by atoms with Crippen molar-refractivity contribution >= 4 is 29.2 Å². The summed E-state index contributed by atoms with van der Waals surface area (Å²) < 4.78 is 12.8. The summed E-state index contributed by atoms with van der Waals surface area (Å²) in [7, 11) is 1.39. The van der Waals surface area contributed by atoms with E-state index in [1.54, 1.807) is 10.7 Å². The van der Waals surface area contributed by atoms with Crippen LogP contribution < -0.4 is 4.74 Å². The highest BCUT2D eigenvalue weighted by Gasteiger charge is 2.40. The summed E-state index contributed by atoms with van der Waals surface area (Å²) in [6.45, 7) is 6.43. The number of nitrogens with zero attached hydrogens (tertiary/aromatic N) is 3. The minimum Gasteiger partial charge on any atom is -0.487 e. The molecule has 6 nitrogen and oxygen atoms in total. The van der Waals surface area contributed by atoms with Crippen molar-refractivity contribution in [2.24, 2.45) is 0 Å². The predicted molar refractivity (Wildman–Crippen MR) is 149 cm³/mol. The molecule has 0 N–H and O–H groups in total. The third-order valence-corrected chi connectivity index (χ3v) is 7.65. The second-order valence-electron chi connectivity index (χ2n) is 9.93. The number of benzene rings is 3. The molecule has 1 aliphatic rings. The molecule has 1 heterocycles. The monoisotopic (exact) mass is 549 g/mol. The predicted octanol–water partition coefficient (Wildman–Crippen LogP) is 7.64. The number of carbonyl (C=O) groups is 1. The van der Waals surface area contributed by atoms with Gasteiger partial charge in [0.2, 0.25) is 0 Å². The van der Waals surface area contributed by atoms with Crippen LogP contribution in [-0.4, -0.2) is 28.1 Å². The number of aryl methyl sites for hydroxylation is 1. The average Bonchev–Trinajstić information content (AvgIpc) is 3.58. The Kier molecular flexibility index (Phi) is 7.46. The van der Waals surface area contributed by atoms with Gasteiger partial charge >= 0.3 is 5.97 Å². The lowest BCUT2D eigenvalue weighted by Crippen LogP contribution is -2.10. The fraction of sp³-hybridized carbons (Fsp3) is 0.300. The summed E-state index contributed by atoms with van der Waals surface area (Å²) in [5, 5.41) is 10.1. The zero-order chi connectivity index (χ0) is 27.0. The maximum atomic E-state index is 11.9. The first-order valence-electron chi connectivity index (χ1n) is 12.6. The van der Waals surface area contributed by atoms with Crippen LogP contribution in [0.4, 0.5) is 0 Å². The van der Waals surface area contributed by atoms with E-state index in [2.05, 4.69) is 24.2 Å². The van der Waals surface area contributed by atoms with E-state index in [-0.39, 0.29) is 18.5 Å². The number of hydrogen-bond donors (Lipinski definition) is 0. The lowest BCUT2D eigenvalue weighted by Gasteiger charge is -2.14. The molecule has 3 aromatic carbocycles.